The highest BCUT2D eigenvalue weighted by Gasteiger charge is 2.33. The molecule has 0 spiro atoms. The van der Waals surface area contributed by atoms with Gasteiger partial charge in [-0.1, -0.05) is 61.0 Å². The summed E-state index contributed by atoms with van der Waals surface area (Å²) in [5.74, 6) is -0.469. The van der Waals surface area contributed by atoms with E-state index in [1.807, 2.05) is 45.0 Å². The predicted octanol–water partition coefficient (Wildman–Crippen LogP) is 4.84. The number of para-hydroxylation sites is 2. The van der Waals surface area contributed by atoms with Crippen LogP contribution in [0.5, 0.6) is 5.75 Å². The van der Waals surface area contributed by atoms with Gasteiger partial charge in [-0.15, -0.1) is 0 Å². The number of sulfonamides is 1. The predicted molar refractivity (Wildman–Crippen MR) is 158 cm³/mol. The van der Waals surface area contributed by atoms with Crippen LogP contribution < -0.4 is 14.4 Å². The average Bonchev–Trinajstić information content (AvgIpc) is 2.94. The van der Waals surface area contributed by atoms with Gasteiger partial charge in [0.1, 0.15) is 18.3 Å². The van der Waals surface area contributed by atoms with Gasteiger partial charge < -0.3 is 15.0 Å². The zero-order valence-electron chi connectivity index (χ0n) is 23.9. The van der Waals surface area contributed by atoms with Crippen LogP contribution in [0, 0.1) is 13.8 Å². The van der Waals surface area contributed by atoms with Crippen molar-refractivity contribution in [2.75, 3.05) is 24.0 Å². The normalized spacial score (nSPS) is 11.9. The summed E-state index contributed by atoms with van der Waals surface area (Å²) in [6.07, 6.45) is 0.751. The van der Waals surface area contributed by atoms with E-state index < -0.39 is 28.5 Å². The zero-order valence-corrected chi connectivity index (χ0v) is 24.7. The molecule has 1 atom stereocenters. The maximum atomic E-state index is 14.1. The molecule has 3 rings (SSSR count). The van der Waals surface area contributed by atoms with E-state index >= 15 is 0 Å². The molecule has 0 radical (unpaired) electrons. The van der Waals surface area contributed by atoms with Crippen molar-refractivity contribution in [2.45, 2.75) is 58.5 Å². The molecule has 214 valence electrons. The number of nitrogens with zero attached hydrogens (tertiary/aromatic N) is 2. The molecule has 3 aromatic carbocycles. The lowest BCUT2D eigenvalue weighted by Gasteiger charge is -2.32. The summed E-state index contributed by atoms with van der Waals surface area (Å²) >= 11 is 0. The van der Waals surface area contributed by atoms with Crippen molar-refractivity contribution in [3.8, 4) is 5.75 Å². The number of nitrogens with one attached hydrogen (secondary N) is 1. The van der Waals surface area contributed by atoms with E-state index in [9.17, 15) is 18.0 Å². The molecule has 0 saturated heterocycles. The molecular weight excluding hydrogens is 526 g/mol. The Hall–Kier alpha value is -3.85. The van der Waals surface area contributed by atoms with Crippen LogP contribution in [0.4, 0.5) is 5.69 Å². The van der Waals surface area contributed by atoms with Gasteiger partial charge in [0.15, 0.2) is 0 Å². The Bertz CT molecular complexity index is 1410. The first kappa shape index (κ1) is 30.7. The smallest absolute Gasteiger partial charge is 0.264 e. The largest absolute Gasteiger partial charge is 0.492 e. The lowest BCUT2D eigenvalue weighted by molar-refractivity contribution is -0.139. The molecule has 0 bridgehead atoms. The van der Waals surface area contributed by atoms with Crippen molar-refractivity contribution in [3.63, 3.8) is 0 Å². The van der Waals surface area contributed by atoms with Crippen molar-refractivity contribution in [2.24, 2.45) is 0 Å². The molecule has 0 aliphatic heterocycles. The number of carbonyl (C=O) groups is 2. The fourth-order valence-corrected chi connectivity index (χ4v) is 5.67. The van der Waals surface area contributed by atoms with Gasteiger partial charge in [0.2, 0.25) is 11.8 Å². The van der Waals surface area contributed by atoms with Crippen LogP contribution in [0.2, 0.25) is 0 Å². The minimum Gasteiger partial charge on any atom is -0.492 e. The Labute approximate surface area is 238 Å². The summed E-state index contributed by atoms with van der Waals surface area (Å²) in [6, 6.07) is 20.0. The number of carbonyl (C=O) groups excluding carboxylic acids is 2. The average molecular weight is 566 g/mol. The molecule has 9 heteroatoms. The van der Waals surface area contributed by atoms with Gasteiger partial charge in [-0.25, -0.2) is 8.42 Å². The van der Waals surface area contributed by atoms with Crippen LogP contribution in [-0.4, -0.2) is 50.9 Å². The van der Waals surface area contributed by atoms with Crippen molar-refractivity contribution in [3.05, 3.63) is 89.5 Å². The van der Waals surface area contributed by atoms with E-state index in [2.05, 4.69) is 5.32 Å². The maximum Gasteiger partial charge on any atom is 0.264 e. The van der Waals surface area contributed by atoms with E-state index in [-0.39, 0.29) is 23.0 Å². The topological polar surface area (TPSA) is 96.0 Å². The first-order chi connectivity index (χ1) is 19.1. The van der Waals surface area contributed by atoms with Crippen molar-refractivity contribution >= 4 is 27.5 Å². The third-order valence-electron chi connectivity index (χ3n) is 6.64. The maximum absolute atomic E-state index is 14.1. The number of hydrogen-bond acceptors (Lipinski definition) is 5. The Kier molecular flexibility index (Phi) is 10.7. The molecule has 3 aromatic rings. The van der Waals surface area contributed by atoms with Gasteiger partial charge in [-0.3, -0.25) is 13.9 Å². The molecule has 0 heterocycles. The van der Waals surface area contributed by atoms with E-state index in [1.54, 1.807) is 50.2 Å². The third-order valence-corrected chi connectivity index (χ3v) is 8.41. The van der Waals surface area contributed by atoms with Gasteiger partial charge in [0.25, 0.3) is 10.0 Å². The summed E-state index contributed by atoms with van der Waals surface area (Å²) in [7, 11) is -4.18. The van der Waals surface area contributed by atoms with Crippen LogP contribution in [0.1, 0.15) is 43.9 Å². The van der Waals surface area contributed by atoms with E-state index in [0.29, 0.717) is 18.9 Å². The number of ether oxygens (including phenoxy) is 1. The summed E-state index contributed by atoms with van der Waals surface area (Å²) in [5, 5.41) is 2.86. The lowest BCUT2D eigenvalue weighted by atomic mass is 10.1. The fourth-order valence-electron chi connectivity index (χ4n) is 4.24. The molecule has 0 fully saturated rings. The van der Waals surface area contributed by atoms with Gasteiger partial charge in [0.05, 0.1) is 17.2 Å². The summed E-state index contributed by atoms with van der Waals surface area (Å²) < 4.78 is 34.9. The lowest BCUT2D eigenvalue weighted by Crippen LogP contribution is -2.51. The standard InChI is InChI=1S/C31H39N3O5S/c1-6-20-32-31(36)25(5)33(21-26-13-9-8-12-24(26)4)30(35)22-34(28-14-10-11-15-29(28)39-7-2)40(37,38)27-18-16-23(3)17-19-27/h8-19,25H,6-7,20-22H2,1-5H3,(H,32,36)/t25-/m1/s1. The molecule has 0 aromatic heterocycles. The van der Waals surface area contributed by atoms with Crippen LogP contribution in [0.15, 0.2) is 77.7 Å². The Morgan fingerprint density at radius 1 is 0.925 bits per heavy atom. The Balaban J connectivity index is 2.08. The monoisotopic (exact) mass is 565 g/mol. The summed E-state index contributed by atoms with van der Waals surface area (Å²) in [5.41, 5.74) is 2.99. The molecule has 2 amide bonds. The highest BCUT2D eigenvalue weighted by Crippen LogP contribution is 2.33. The quantitative estimate of drug-likeness (QED) is 0.320. The number of aryl methyl sites for hydroxylation is 2. The van der Waals surface area contributed by atoms with Crippen LogP contribution in [0.3, 0.4) is 0 Å². The summed E-state index contributed by atoms with van der Waals surface area (Å²) in [4.78, 5) is 28.6. The van der Waals surface area contributed by atoms with E-state index in [1.165, 1.54) is 17.0 Å². The number of rotatable bonds is 13. The number of anilines is 1. The molecule has 0 aliphatic rings. The molecule has 0 aliphatic carbocycles. The highest BCUT2D eigenvalue weighted by molar-refractivity contribution is 7.92. The molecule has 0 saturated carbocycles. The van der Waals surface area contributed by atoms with Crippen molar-refractivity contribution in [1.82, 2.24) is 10.2 Å². The molecule has 1 N–H and O–H groups in total. The first-order valence-corrected chi connectivity index (χ1v) is 15.0. The van der Waals surface area contributed by atoms with E-state index in [0.717, 1.165) is 27.4 Å². The molecular formula is C31H39N3O5S. The number of hydrogen-bond donors (Lipinski definition) is 1. The number of amides is 2. The highest BCUT2D eigenvalue weighted by atomic mass is 32.2. The van der Waals surface area contributed by atoms with Gasteiger partial charge >= 0.3 is 0 Å². The van der Waals surface area contributed by atoms with Gasteiger partial charge in [-0.05, 0) is 69.5 Å². The number of benzene rings is 3. The molecule has 40 heavy (non-hydrogen) atoms. The second-order valence-corrected chi connectivity index (χ2v) is 11.5. The van der Waals surface area contributed by atoms with Gasteiger partial charge in [-0.2, -0.15) is 0 Å². The second-order valence-electron chi connectivity index (χ2n) is 9.64. The minimum absolute atomic E-state index is 0.0522. The van der Waals surface area contributed by atoms with Crippen molar-refractivity contribution in [1.29, 1.82) is 0 Å². The van der Waals surface area contributed by atoms with Crippen LogP contribution in [-0.2, 0) is 26.2 Å². The van der Waals surface area contributed by atoms with Crippen molar-refractivity contribution < 1.29 is 22.7 Å². The molecule has 0 unspecified atom stereocenters. The van der Waals surface area contributed by atoms with E-state index in [4.69, 9.17) is 4.74 Å². The second kappa shape index (κ2) is 14.0. The fraction of sp³-hybridized carbons (Fsp3) is 0.355. The Morgan fingerprint density at radius 3 is 2.23 bits per heavy atom. The minimum atomic E-state index is -4.18. The van der Waals surface area contributed by atoms with Gasteiger partial charge in [0, 0.05) is 13.1 Å². The zero-order chi connectivity index (χ0) is 29.3. The van der Waals surface area contributed by atoms with Crippen LogP contribution in [0.25, 0.3) is 0 Å². The first-order valence-electron chi connectivity index (χ1n) is 13.5. The SMILES string of the molecule is CCCNC(=O)[C@@H](C)N(Cc1ccccc1C)C(=O)CN(c1ccccc1OCC)S(=O)(=O)c1ccc(C)cc1. The third kappa shape index (κ3) is 7.41. The van der Waals surface area contributed by atoms with Crippen LogP contribution >= 0.6 is 0 Å². The Morgan fingerprint density at radius 2 is 1.57 bits per heavy atom. The molecule has 8 nitrogen and oxygen atoms in total. The summed E-state index contributed by atoms with van der Waals surface area (Å²) in [6.45, 7) is 9.65.